The molecule has 1 aliphatic rings. The van der Waals surface area contributed by atoms with E-state index in [0.717, 1.165) is 12.1 Å². The molecule has 0 N–H and O–H groups in total. The van der Waals surface area contributed by atoms with Gasteiger partial charge >= 0.3 is 5.97 Å². The Labute approximate surface area is 85.9 Å². The summed E-state index contributed by atoms with van der Waals surface area (Å²) >= 11 is 0. The van der Waals surface area contributed by atoms with Crippen LogP contribution in [0.4, 0.5) is 8.78 Å². The maximum atomic E-state index is 13.0. The lowest BCUT2D eigenvalue weighted by Gasteiger charge is -2.11. The normalized spacial score (nSPS) is 25.4. The van der Waals surface area contributed by atoms with Gasteiger partial charge < -0.3 is 4.74 Å². The van der Waals surface area contributed by atoms with E-state index in [0.29, 0.717) is 5.56 Å². The van der Waals surface area contributed by atoms with Crippen LogP contribution in [0.1, 0.15) is 18.4 Å². The maximum absolute atomic E-state index is 13.0. The first kappa shape index (κ1) is 10.1. The van der Waals surface area contributed by atoms with Crippen molar-refractivity contribution in [1.82, 2.24) is 0 Å². The lowest BCUT2D eigenvalue weighted by Crippen LogP contribution is -2.10. The lowest BCUT2D eigenvalue weighted by molar-refractivity contribution is -0.140. The standard InChI is InChI=1S/C11H10F2O2/c1-6-8(5-15-11(6)14)7-2-3-9(12)10(13)4-7/h2-4,6,8H,5H2,1H3/t6-,8-/m1/s1. The molecular weight excluding hydrogens is 202 g/mol. The molecule has 15 heavy (non-hydrogen) atoms. The zero-order valence-corrected chi connectivity index (χ0v) is 8.17. The van der Waals surface area contributed by atoms with Crippen LogP contribution in [0.15, 0.2) is 18.2 Å². The zero-order chi connectivity index (χ0) is 11.0. The summed E-state index contributed by atoms with van der Waals surface area (Å²) in [5, 5.41) is 0. The monoisotopic (exact) mass is 212 g/mol. The van der Waals surface area contributed by atoms with Gasteiger partial charge in [-0.05, 0) is 17.7 Å². The predicted octanol–water partition coefficient (Wildman–Crippen LogP) is 2.24. The van der Waals surface area contributed by atoms with Gasteiger partial charge in [0.2, 0.25) is 0 Å². The van der Waals surface area contributed by atoms with E-state index in [1.165, 1.54) is 6.07 Å². The minimum Gasteiger partial charge on any atom is -0.465 e. The SMILES string of the molecule is C[C@H]1C(=O)OC[C@H]1c1ccc(F)c(F)c1. The molecule has 80 valence electrons. The van der Waals surface area contributed by atoms with Gasteiger partial charge in [0.05, 0.1) is 12.5 Å². The third-order valence-electron chi connectivity index (χ3n) is 2.75. The van der Waals surface area contributed by atoms with E-state index in [1.807, 2.05) is 0 Å². The maximum Gasteiger partial charge on any atom is 0.309 e. The third kappa shape index (κ3) is 1.71. The molecule has 0 bridgehead atoms. The topological polar surface area (TPSA) is 26.3 Å². The van der Waals surface area contributed by atoms with Gasteiger partial charge in [-0.3, -0.25) is 4.79 Å². The minimum absolute atomic E-state index is 0.174. The second kappa shape index (κ2) is 3.61. The van der Waals surface area contributed by atoms with Crippen molar-refractivity contribution in [1.29, 1.82) is 0 Å². The summed E-state index contributed by atoms with van der Waals surface area (Å²) in [4.78, 5) is 11.1. The molecule has 1 aliphatic heterocycles. The van der Waals surface area contributed by atoms with Gasteiger partial charge in [-0.2, -0.15) is 0 Å². The molecule has 2 rings (SSSR count). The smallest absolute Gasteiger partial charge is 0.309 e. The Bertz CT molecular complexity index is 404. The van der Waals surface area contributed by atoms with Gasteiger partial charge in [0.25, 0.3) is 0 Å². The van der Waals surface area contributed by atoms with Crippen molar-refractivity contribution in [3.05, 3.63) is 35.4 Å². The largest absolute Gasteiger partial charge is 0.465 e. The fraction of sp³-hybridized carbons (Fsp3) is 0.364. The van der Waals surface area contributed by atoms with Crippen LogP contribution in [0.3, 0.4) is 0 Å². The molecule has 2 nitrogen and oxygen atoms in total. The highest BCUT2D eigenvalue weighted by Gasteiger charge is 2.34. The van der Waals surface area contributed by atoms with Gasteiger partial charge in [-0.25, -0.2) is 8.78 Å². The lowest BCUT2D eigenvalue weighted by atomic mass is 9.90. The fourth-order valence-corrected chi connectivity index (χ4v) is 1.74. The summed E-state index contributed by atoms with van der Waals surface area (Å²) in [7, 11) is 0. The zero-order valence-electron chi connectivity index (χ0n) is 8.17. The molecule has 1 heterocycles. The van der Waals surface area contributed by atoms with E-state index >= 15 is 0 Å². The summed E-state index contributed by atoms with van der Waals surface area (Å²) in [6, 6.07) is 3.68. The van der Waals surface area contributed by atoms with Crippen LogP contribution in [-0.4, -0.2) is 12.6 Å². The van der Waals surface area contributed by atoms with E-state index in [9.17, 15) is 13.6 Å². The van der Waals surface area contributed by atoms with E-state index in [4.69, 9.17) is 4.74 Å². The molecule has 0 aromatic heterocycles. The number of ether oxygens (including phenoxy) is 1. The van der Waals surface area contributed by atoms with Crippen LogP contribution in [0.5, 0.6) is 0 Å². The second-order valence-corrected chi connectivity index (χ2v) is 3.70. The Balaban J connectivity index is 2.30. The second-order valence-electron chi connectivity index (χ2n) is 3.70. The van der Waals surface area contributed by atoms with Gasteiger partial charge in [0.15, 0.2) is 11.6 Å². The summed E-state index contributed by atoms with van der Waals surface area (Å²) in [5.41, 5.74) is 0.604. The molecule has 1 aromatic carbocycles. The van der Waals surface area contributed by atoms with Crippen molar-refractivity contribution in [3.8, 4) is 0 Å². The number of benzene rings is 1. The van der Waals surface area contributed by atoms with Crippen LogP contribution in [0.25, 0.3) is 0 Å². The first-order valence-corrected chi connectivity index (χ1v) is 4.71. The van der Waals surface area contributed by atoms with Gasteiger partial charge in [-0.1, -0.05) is 13.0 Å². The highest BCUT2D eigenvalue weighted by Crippen LogP contribution is 2.31. The number of hydrogen-bond acceptors (Lipinski definition) is 2. The summed E-state index contributed by atoms with van der Waals surface area (Å²) in [5.74, 6) is -2.53. The molecule has 4 heteroatoms. The fourth-order valence-electron chi connectivity index (χ4n) is 1.74. The van der Waals surface area contributed by atoms with E-state index < -0.39 is 11.6 Å². The molecule has 1 saturated heterocycles. The van der Waals surface area contributed by atoms with Crippen molar-refractivity contribution in [2.75, 3.05) is 6.61 Å². The number of carbonyl (C=O) groups is 1. The van der Waals surface area contributed by atoms with Crippen molar-refractivity contribution in [3.63, 3.8) is 0 Å². The van der Waals surface area contributed by atoms with Crippen molar-refractivity contribution in [2.45, 2.75) is 12.8 Å². The van der Waals surface area contributed by atoms with Crippen LogP contribution >= 0.6 is 0 Å². The first-order chi connectivity index (χ1) is 7.09. The molecule has 0 radical (unpaired) electrons. The molecule has 1 fully saturated rings. The average molecular weight is 212 g/mol. The Kier molecular flexibility index (Phi) is 2.42. The number of esters is 1. The Hall–Kier alpha value is -1.45. The predicted molar refractivity (Wildman–Crippen MR) is 49.2 cm³/mol. The number of carbonyl (C=O) groups excluding carboxylic acids is 1. The average Bonchev–Trinajstić information content (AvgIpc) is 2.53. The minimum atomic E-state index is -0.890. The molecular formula is C11H10F2O2. The molecule has 0 spiro atoms. The van der Waals surface area contributed by atoms with Gasteiger partial charge in [0.1, 0.15) is 0 Å². The number of halogens is 2. The van der Waals surface area contributed by atoms with Gasteiger partial charge in [-0.15, -0.1) is 0 Å². The molecule has 0 unspecified atom stereocenters. The van der Waals surface area contributed by atoms with Crippen molar-refractivity contribution in [2.24, 2.45) is 5.92 Å². The molecule has 0 amide bonds. The van der Waals surface area contributed by atoms with Crippen LogP contribution in [-0.2, 0) is 9.53 Å². The Morgan fingerprint density at radius 1 is 1.33 bits per heavy atom. The molecule has 1 aromatic rings. The number of cyclic esters (lactones) is 1. The first-order valence-electron chi connectivity index (χ1n) is 4.71. The Morgan fingerprint density at radius 3 is 2.60 bits per heavy atom. The Morgan fingerprint density at radius 2 is 2.07 bits per heavy atom. The molecule has 2 atom stereocenters. The summed E-state index contributed by atoms with van der Waals surface area (Å²) in [6.45, 7) is 1.96. The van der Waals surface area contributed by atoms with Crippen LogP contribution in [0, 0.1) is 17.6 Å². The van der Waals surface area contributed by atoms with Crippen molar-refractivity contribution >= 4 is 5.97 Å². The number of hydrogen-bond donors (Lipinski definition) is 0. The van der Waals surface area contributed by atoms with Crippen LogP contribution < -0.4 is 0 Å². The van der Waals surface area contributed by atoms with Crippen molar-refractivity contribution < 1.29 is 18.3 Å². The summed E-state index contributed by atoms with van der Waals surface area (Å²) in [6.07, 6.45) is 0. The van der Waals surface area contributed by atoms with E-state index in [2.05, 4.69) is 0 Å². The highest BCUT2D eigenvalue weighted by molar-refractivity contribution is 5.75. The third-order valence-corrected chi connectivity index (χ3v) is 2.75. The van der Waals surface area contributed by atoms with E-state index in [-0.39, 0.29) is 24.4 Å². The van der Waals surface area contributed by atoms with Crippen LogP contribution in [0.2, 0.25) is 0 Å². The van der Waals surface area contributed by atoms with E-state index in [1.54, 1.807) is 6.92 Å². The quantitative estimate of drug-likeness (QED) is 0.667. The summed E-state index contributed by atoms with van der Waals surface area (Å²) < 4.78 is 30.5. The molecule has 0 aliphatic carbocycles. The highest BCUT2D eigenvalue weighted by atomic mass is 19.2. The number of rotatable bonds is 1. The molecule has 0 saturated carbocycles. The van der Waals surface area contributed by atoms with Gasteiger partial charge in [0, 0.05) is 5.92 Å².